The number of amides is 1. The predicted molar refractivity (Wildman–Crippen MR) is 114 cm³/mol. The van der Waals surface area contributed by atoms with Gasteiger partial charge in [0.1, 0.15) is 16.5 Å². The van der Waals surface area contributed by atoms with Crippen LogP contribution in [-0.4, -0.2) is 17.1 Å². The van der Waals surface area contributed by atoms with Crippen molar-refractivity contribution < 1.29 is 9.18 Å². The van der Waals surface area contributed by atoms with Gasteiger partial charge in [0.05, 0.1) is 11.2 Å². The first-order valence-corrected chi connectivity index (χ1v) is 9.75. The molecule has 0 atom stereocenters. The van der Waals surface area contributed by atoms with Crippen molar-refractivity contribution >= 4 is 45.2 Å². The van der Waals surface area contributed by atoms with Crippen LogP contribution in [0.2, 0.25) is 5.02 Å². The molecule has 0 aliphatic heterocycles. The van der Waals surface area contributed by atoms with Gasteiger partial charge in [0.15, 0.2) is 0 Å². The Bertz CT molecular complexity index is 984. The molecule has 0 bridgehead atoms. The Morgan fingerprint density at radius 3 is 2.64 bits per heavy atom. The number of aromatic nitrogens is 1. The van der Waals surface area contributed by atoms with E-state index in [1.54, 1.807) is 6.07 Å². The smallest absolute Gasteiger partial charge is 0.227 e. The SMILES string of the molecule is CC(C)C(=O)Nc1sc(N/N=C\c2c(F)cccc2Cl)nc1-c1ccccc1. The van der Waals surface area contributed by atoms with Crippen LogP contribution in [0.5, 0.6) is 0 Å². The molecule has 1 aromatic heterocycles. The number of halogens is 2. The van der Waals surface area contributed by atoms with Crippen molar-refractivity contribution in [2.75, 3.05) is 10.7 Å². The summed E-state index contributed by atoms with van der Waals surface area (Å²) in [6.45, 7) is 3.64. The van der Waals surface area contributed by atoms with Crippen LogP contribution < -0.4 is 10.7 Å². The summed E-state index contributed by atoms with van der Waals surface area (Å²) in [6.07, 6.45) is 1.30. The van der Waals surface area contributed by atoms with E-state index in [0.717, 1.165) is 5.56 Å². The number of carbonyl (C=O) groups is 1. The lowest BCUT2D eigenvalue weighted by Crippen LogP contribution is -2.17. The topological polar surface area (TPSA) is 66.4 Å². The van der Waals surface area contributed by atoms with Crippen molar-refractivity contribution in [1.82, 2.24) is 4.98 Å². The van der Waals surface area contributed by atoms with Gasteiger partial charge in [0, 0.05) is 17.0 Å². The molecule has 3 aromatic rings. The van der Waals surface area contributed by atoms with Crippen molar-refractivity contribution in [3.05, 3.63) is 64.9 Å². The summed E-state index contributed by atoms with van der Waals surface area (Å²) in [5, 5.41) is 8.27. The molecule has 0 saturated heterocycles. The van der Waals surface area contributed by atoms with Gasteiger partial charge in [-0.05, 0) is 12.1 Å². The third kappa shape index (κ3) is 4.74. The number of hydrogen-bond acceptors (Lipinski definition) is 5. The van der Waals surface area contributed by atoms with E-state index >= 15 is 0 Å². The third-order valence-corrected chi connectivity index (χ3v) is 4.99. The van der Waals surface area contributed by atoms with E-state index in [9.17, 15) is 9.18 Å². The largest absolute Gasteiger partial charge is 0.316 e. The van der Waals surface area contributed by atoms with Crippen LogP contribution in [0, 0.1) is 11.7 Å². The summed E-state index contributed by atoms with van der Waals surface area (Å²) in [6, 6.07) is 13.9. The first-order valence-electron chi connectivity index (χ1n) is 8.56. The number of thiazole rings is 1. The molecular weight excluding hydrogens is 399 g/mol. The monoisotopic (exact) mass is 416 g/mol. The highest BCUT2D eigenvalue weighted by atomic mass is 35.5. The van der Waals surface area contributed by atoms with Crippen LogP contribution in [0.1, 0.15) is 19.4 Å². The number of anilines is 2. The number of carbonyl (C=O) groups excluding carboxylic acids is 1. The zero-order valence-corrected chi connectivity index (χ0v) is 16.8. The minimum atomic E-state index is -0.466. The fraction of sp³-hybridized carbons (Fsp3) is 0.150. The number of nitrogens with zero attached hydrogens (tertiary/aromatic N) is 2. The molecule has 3 rings (SSSR count). The van der Waals surface area contributed by atoms with Gasteiger partial charge in [0.25, 0.3) is 0 Å². The standard InChI is InChI=1S/C20H18ClFN4OS/c1-12(2)18(27)25-19-17(13-7-4-3-5-8-13)24-20(28-19)26-23-11-14-15(21)9-6-10-16(14)22/h3-12H,1-2H3,(H,24,26)(H,25,27)/b23-11-. The Kier molecular flexibility index (Phi) is 6.38. The summed E-state index contributed by atoms with van der Waals surface area (Å²) >= 11 is 7.24. The Hall–Kier alpha value is -2.77. The highest BCUT2D eigenvalue weighted by Gasteiger charge is 2.17. The van der Waals surface area contributed by atoms with Crippen LogP contribution in [-0.2, 0) is 4.79 Å². The molecule has 144 valence electrons. The second-order valence-corrected chi connectivity index (χ2v) is 7.62. The molecule has 5 nitrogen and oxygen atoms in total. The van der Waals surface area contributed by atoms with Gasteiger partial charge in [-0.3, -0.25) is 10.2 Å². The number of benzene rings is 2. The molecule has 0 unspecified atom stereocenters. The number of nitrogens with one attached hydrogen (secondary N) is 2. The molecule has 2 N–H and O–H groups in total. The summed E-state index contributed by atoms with van der Waals surface area (Å²) in [5.41, 5.74) is 4.47. The maximum Gasteiger partial charge on any atom is 0.227 e. The Morgan fingerprint density at radius 1 is 1.21 bits per heavy atom. The molecule has 28 heavy (non-hydrogen) atoms. The quantitative estimate of drug-likeness (QED) is 0.403. The summed E-state index contributed by atoms with van der Waals surface area (Å²) in [7, 11) is 0. The Balaban J connectivity index is 1.86. The van der Waals surface area contributed by atoms with Gasteiger partial charge in [-0.25, -0.2) is 9.37 Å². The summed E-state index contributed by atoms with van der Waals surface area (Å²) in [5.74, 6) is -0.732. The number of hydrazone groups is 1. The van der Waals surface area contributed by atoms with Crippen LogP contribution in [0.3, 0.4) is 0 Å². The molecule has 0 aliphatic carbocycles. The lowest BCUT2D eigenvalue weighted by atomic mass is 10.1. The highest BCUT2D eigenvalue weighted by molar-refractivity contribution is 7.20. The van der Waals surface area contributed by atoms with E-state index in [-0.39, 0.29) is 22.4 Å². The van der Waals surface area contributed by atoms with Gasteiger partial charge in [-0.15, -0.1) is 0 Å². The maximum absolute atomic E-state index is 13.8. The summed E-state index contributed by atoms with van der Waals surface area (Å²) < 4.78 is 13.8. The molecule has 1 amide bonds. The van der Waals surface area contributed by atoms with Gasteiger partial charge in [-0.1, -0.05) is 73.2 Å². The molecule has 8 heteroatoms. The van der Waals surface area contributed by atoms with Crippen molar-refractivity contribution in [2.45, 2.75) is 13.8 Å². The van der Waals surface area contributed by atoms with E-state index in [1.165, 1.54) is 29.7 Å². The highest BCUT2D eigenvalue weighted by Crippen LogP contribution is 2.36. The first-order chi connectivity index (χ1) is 13.5. The average molecular weight is 417 g/mol. The molecule has 2 aromatic carbocycles. The zero-order valence-electron chi connectivity index (χ0n) is 15.2. The number of hydrogen-bond donors (Lipinski definition) is 2. The van der Waals surface area contributed by atoms with Crippen molar-refractivity contribution in [3.63, 3.8) is 0 Å². The van der Waals surface area contributed by atoms with Crippen LogP contribution in [0.25, 0.3) is 11.3 Å². The molecule has 0 saturated carbocycles. The second-order valence-electron chi connectivity index (χ2n) is 6.21. The summed E-state index contributed by atoms with van der Waals surface area (Å²) in [4.78, 5) is 16.7. The zero-order chi connectivity index (χ0) is 20.1. The normalized spacial score (nSPS) is 11.2. The van der Waals surface area contributed by atoms with E-state index in [0.29, 0.717) is 15.8 Å². The van der Waals surface area contributed by atoms with Gasteiger partial charge >= 0.3 is 0 Å². The van der Waals surface area contributed by atoms with Crippen molar-refractivity contribution in [1.29, 1.82) is 0 Å². The van der Waals surface area contributed by atoms with E-state index in [2.05, 4.69) is 20.8 Å². The Morgan fingerprint density at radius 2 is 1.96 bits per heavy atom. The molecule has 0 aliphatic rings. The lowest BCUT2D eigenvalue weighted by molar-refractivity contribution is -0.118. The fourth-order valence-electron chi connectivity index (χ4n) is 2.29. The van der Waals surface area contributed by atoms with Crippen molar-refractivity contribution in [2.24, 2.45) is 11.0 Å². The van der Waals surface area contributed by atoms with Crippen LogP contribution >= 0.6 is 22.9 Å². The second kappa shape index (κ2) is 8.95. The Labute approximate surface area is 171 Å². The molecule has 1 heterocycles. The molecular formula is C20H18ClFN4OS. The van der Waals surface area contributed by atoms with Crippen LogP contribution in [0.15, 0.2) is 53.6 Å². The lowest BCUT2D eigenvalue weighted by Gasteiger charge is -2.07. The van der Waals surface area contributed by atoms with Crippen molar-refractivity contribution in [3.8, 4) is 11.3 Å². The van der Waals surface area contributed by atoms with Gasteiger partial charge in [-0.2, -0.15) is 5.10 Å². The number of rotatable bonds is 6. The van der Waals surface area contributed by atoms with E-state index < -0.39 is 5.82 Å². The molecule has 0 fully saturated rings. The first kappa shape index (κ1) is 20.0. The average Bonchev–Trinajstić information content (AvgIpc) is 3.07. The van der Waals surface area contributed by atoms with Gasteiger partial charge in [0.2, 0.25) is 11.0 Å². The molecule has 0 radical (unpaired) electrons. The minimum absolute atomic E-state index is 0.103. The fourth-order valence-corrected chi connectivity index (χ4v) is 3.34. The predicted octanol–water partition coefficient (Wildman–Crippen LogP) is 5.64. The maximum atomic E-state index is 13.8. The van der Waals surface area contributed by atoms with Crippen LogP contribution in [0.4, 0.5) is 14.5 Å². The van der Waals surface area contributed by atoms with E-state index in [1.807, 2.05) is 44.2 Å². The minimum Gasteiger partial charge on any atom is -0.316 e. The third-order valence-electron chi connectivity index (χ3n) is 3.79. The van der Waals surface area contributed by atoms with Gasteiger partial charge < -0.3 is 5.32 Å². The molecule has 0 spiro atoms. The van der Waals surface area contributed by atoms with E-state index in [4.69, 9.17) is 11.6 Å².